The van der Waals surface area contributed by atoms with Crippen molar-refractivity contribution >= 4 is 11.8 Å². The molecule has 0 saturated carbocycles. The van der Waals surface area contributed by atoms with Crippen LogP contribution in [-0.2, 0) is 11.8 Å². The average molecular weight is 346 g/mol. The lowest BCUT2D eigenvalue weighted by atomic mass is 9.73. The summed E-state index contributed by atoms with van der Waals surface area (Å²) >= 11 is 0. The molecular formula is C19H30N4O2. The number of rotatable bonds is 4. The molecule has 1 aromatic rings. The van der Waals surface area contributed by atoms with Crippen molar-refractivity contribution in [3.63, 3.8) is 0 Å². The maximum Gasteiger partial charge on any atom is 0.272 e. The highest BCUT2D eigenvalue weighted by Gasteiger charge is 2.42. The molecule has 1 atom stereocenters. The predicted molar refractivity (Wildman–Crippen MR) is 96.0 cm³/mol. The van der Waals surface area contributed by atoms with Crippen LogP contribution in [0.15, 0.2) is 12.3 Å². The van der Waals surface area contributed by atoms with Crippen molar-refractivity contribution in [1.29, 1.82) is 0 Å². The summed E-state index contributed by atoms with van der Waals surface area (Å²) < 4.78 is 1.64. The van der Waals surface area contributed by atoms with Crippen LogP contribution in [0.4, 0.5) is 0 Å². The molecule has 3 heterocycles. The van der Waals surface area contributed by atoms with E-state index in [1.807, 2.05) is 9.80 Å². The van der Waals surface area contributed by atoms with E-state index in [-0.39, 0.29) is 17.2 Å². The minimum Gasteiger partial charge on any atom is -0.342 e. The Labute approximate surface area is 150 Å². The first-order chi connectivity index (χ1) is 11.9. The second-order valence-electron chi connectivity index (χ2n) is 8.17. The summed E-state index contributed by atoms with van der Waals surface area (Å²) in [5.41, 5.74) is 0.706. The molecule has 1 aromatic heterocycles. The third-order valence-corrected chi connectivity index (χ3v) is 5.71. The summed E-state index contributed by atoms with van der Waals surface area (Å²) in [4.78, 5) is 29.2. The van der Waals surface area contributed by atoms with Crippen LogP contribution in [0, 0.1) is 11.3 Å². The fourth-order valence-electron chi connectivity index (χ4n) is 4.18. The number of carbonyl (C=O) groups is 2. The number of nitrogens with zero attached hydrogens (tertiary/aromatic N) is 4. The van der Waals surface area contributed by atoms with Gasteiger partial charge in [0, 0.05) is 51.3 Å². The van der Waals surface area contributed by atoms with Gasteiger partial charge < -0.3 is 9.80 Å². The van der Waals surface area contributed by atoms with E-state index in [9.17, 15) is 9.59 Å². The largest absolute Gasteiger partial charge is 0.342 e. The summed E-state index contributed by atoms with van der Waals surface area (Å²) in [6.07, 6.45) is 6.34. The van der Waals surface area contributed by atoms with Crippen LogP contribution in [-0.4, -0.2) is 57.6 Å². The van der Waals surface area contributed by atoms with Crippen molar-refractivity contribution < 1.29 is 9.59 Å². The number of hydrogen-bond acceptors (Lipinski definition) is 3. The Morgan fingerprint density at radius 2 is 2.12 bits per heavy atom. The molecule has 2 aliphatic heterocycles. The van der Waals surface area contributed by atoms with Crippen LogP contribution in [0.25, 0.3) is 0 Å². The molecule has 0 radical (unpaired) electrons. The molecular weight excluding hydrogens is 316 g/mol. The van der Waals surface area contributed by atoms with Crippen molar-refractivity contribution in [2.75, 3.05) is 26.2 Å². The molecule has 2 aliphatic rings. The Morgan fingerprint density at radius 1 is 1.32 bits per heavy atom. The number of hydrogen-bond donors (Lipinski definition) is 0. The molecule has 1 spiro atoms. The van der Waals surface area contributed by atoms with E-state index in [1.54, 1.807) is 24.0 Å². The second kappa shape index (κ2) is 7.18. The van der Waals surface area contributed by atoms with Gasteiger partial charge in [0.15, 0.2) is 0 Å². The van der Waals surface area contributed by atoms with Crippen LogP contribution in [0.5, 0.6) is 0 Å². The molecule has 0 N–H and O–H groups in total. The zero-order chi connectivity index (χ0) is 18.0. The number of amides is 2. The van der Waals surface area contributed by atoms with Crippen LogP contribution in [0.3, 0.4) is 0 Å². The van der Waals surface area contributed by atoms with E-state index >= 15 is 0 Å². The Kier molecular flexibility index (Phi) is 5.16. The molecule has 0 aromatic carbocycles. The molecule has 3 rings (SSSR count). The van der Waals surface area contributed by atoms with Gasteiger partial charge in [-0.1, -0.05) is 13.8 Å². The molecule has 25 heavy (non-hydrogen) atoms. The molecule has 2 saturated heterocycles. The minimum absolute atomic E-state index is 0.0599. The van der Waals surface area contributed by atoms with Gasteiger partial charge in [0.25, 0.3) is 5.91 Å². The average Bonchev–Trinajstić information content (AvgIpc) is 3.01. The molecule has 0 unspecified atom stereocenters. The Morgan fingerprint density at radius 3 is 2.80 bits per heavy atom. The first-order valence-electron chi connectivity index (χ1n) is 9.45. The Hall–Kier alpha value is -1.85. The van der Waals surface area contributed by atoms with Gasteiger partial charge >= 0.3 is 0 Å². The van der Waals surface area contributed by atoms with Crippen LogP contribution < -0.4 is 0 Å². The van der Waals surface area contributed by atoms with E-state index < -0.39 is 0 Å². The van der Waals surface area contributed by atoms with Crippen LogP contribution >= 0.6 is 0 Å². The lowest BCUT2D eigenvalue weighted by molar-refractivity contribution is -0.139. The standard InChI is InChI=1S/C19H30N4O2/c1-15(2)7-12-22-13-19(9-5-17(22)24)8-4-11-23(14-19)18(25)16-6-10-20-21(16)3/h6,10,15H,4-5,7-9,11-14H2,1-3H3/t19-/m1/s1. The third-order valence-electron chi connectivity index (χ3n) is 5.71. The van der Waals surface area contributed by atoms with Crippen molar-refractivity contribution in [2.45, 2.75) is 46.0 Å². The van der Waals surface area contributed by atoms with Gasteiger partial charge in [0.1, 0.15) is 5.69 Å². The van der Waals surface area contributed by atoms with Gasteiger partial charge in [-0.3, -0.25) is 14.3 Å². The molecule has 6 nitrogen and oxygen atoms in total. The highest BCUT2D eigenvalue weighted by molar-refractivity contribution is 5.92. The topological polar surface area (TPSA) is 58.4 Å². The zero-order valence-electron chi connectivity index (χ0n) is 15.7. The van der Waals surface area contributed by atoms with E-state index in [0.29, 0.717) is 18.0 Å². The molecule has 0 aliphatic carbocycles. The van der Waals surface area contributed by atoms with Crippen molar-refractivity contribution in [1.82, 2.24) is 19.6 Å². The Balaban J connectivity index is 1.70. The molecule has 138 valence electrons. The number of carbonyl (C=O) groups excluding carboxylic acids is 2. The first-order valence-corrected chi connectivity index (χ1v) is 9.45. The van der Waals surface area contributed by atoms with Crippen LogP contribution in [0.2, 0.25) is 0 Å². The molecule has 2 fully saturated rings. The summed E-state index contributed by atoms with van der Waals surface area (Å²) in [7, 11) is 1.81. The number of likely N-dealkylation sites (tertiary alicyclic amines) is 2. The lowest BCUT2D eigenvalue weighted by Crippen LogP contribution is -2.55. The van der Waals surface area contributed by atoms with Gasteiger partial charge in [0.05, 0.1) is 0 Å². The number of aryl methyl sites for hydroxylation is 1. The fourth-order valence-corrected chi connectivity index (χ4v) is 4.18. The quantitative estimate of drug-likeness (QED) is 0.841. The highest BCUT2D eigenvalue weighted by atomic mass is 16.2. The lowest BCUT2D eigenvalue weighted by Gasteiger charge is -2.48. The SMILES string of the molecule is CC(C)CCN1C[C@@]2(CCCN(C(=O)c3ccnn3C)C2)CCC1=O. The fraction of sp³-hybridized carbons (Fsp3) is 0.737. The van der Waals surface area contributed by atoms with E-state index in [4.69, 9.17) is 0 Å². The van der Waals surface area contributed by atoms with E-state index in [1.165, 1.54) is 0 Å². The van der Waals surface area contributed by atoms with Crippen molar-refractivity contribution in [3.05, 3.63) is 18.0 Å². The van der Waals surface area contributed by atoms with Gasteiger partial charge in [-0.2, -0.15) is 5.10 Å². The monoisotopic (exact) mass is 346 g/mol. The van der Waals surface area contributed by atoms with Crippen LogP contribution in [0.1, 0.15) is 56.4 Å². The zero-order valence-corrected chi connectivity index (χ0v) is 15.7. The Bertz CT molecular complexity index is 639. The predicted octanol–water partition coefficient (Wildman–Crippen LogP) is 2.31. The number of aromatic nitrogens is 2. The third kappa shape index (κ3) is 3.88. The summed E-state index contributed by atoms with van der Waals surface area (Å²) in [6, 6.07) is 1.78. The second-order valence-corrected chi connectivity index (χ2v) is 8.17. The van der Waals surface area contributed by atoms with Gasteiger partial charge in [-0.15, -0.1) is 0 Å². The van der Waals surface area contributed by atoms with E-state index in [2.05, 4.69) is 18.9 Å². The van der Waals surface area contributed by atoms with Crippen molar-refractivity contribution in [2.24, 2.45) is 18.4 Å². The first kappa shape index (κ1) is 18.0. The van der Waals surface area contributed by atoms with Crippen molar-refractivity contribution in [3.8, 4) is 0 Å². The summed E-state index contributed by atoms with van der Waals surface area (Å²) in [5.74, 6) is 0.936. The van der Waals surface area contributed by atoms with Gasteiger partial charge in [-0.05, 0) is 37.7 Å². The number of piperidine rings is 2. The molecule has 2 amide bonds. The smallest absolute Gasteiger partial charge is 0.272 e. The maximum absolute atomic E-state index is 12.9. The molecule has 6 heteroatoms. The summed E-state index contributed by atoms with van der Waals surface area (Å²) in [6.45, 7) is 7.58. The molecule has 0 bridgehead atoms. The van der Waals surface area contributed by atoms with E-state index in [0.717, 1.165) is 51.9 Å². The van der Waals surface area contributed by atoms with Gasteiger partial charge in [-0.25, -0.2) is 0 Å². The normalized spacial score (nSPS) is 24.4. The highest BCUT2D eigenvalue weighted by Crippen LogP contribution is 2.39. The minimum atomic E-state index is 0.0599. The maximum atomic E-state index is 12.9. The van der Waals surface area contributed by atoms with Gasteiger partial charge in [0.2, 0.25) is 5.91 Å². The summed E-state index contributed by atoms with van der Waals surface area (Å²) in [5, 5.41) is 4.12.